The van der Waals surface area contributed by atoms with Gasteiger partial charge in [0.05, 0.1) is 13.0 Å². The van der Waals surface area contributed by atoms with Crippen LogP contribution < -0.4 is 10.6 Å². The number of aromatic nitrogens is 1. The molecular formula is C30H26ClF2N3O3. The zero-order valence-corrected chi connectivity index (χ0v) is 21.9. The van der Waals surface area contributed by atoms with Gasteiger partial charge in [-0.2, -0.15) is 0 Å². The summed E-state index contributed by atoms with van der Waals surface area (Å²) >= 11 is 6.27. The molecule has 3 aromatic carbocycles. The van der Waals surface area contributed by atoms with Crippen LogP contribution in [0.15, 0.2) is 79.0 Å². The highest BCUT2D eigenvalue weighted by atomic mass is 35.5. The van der Waals surface area contributed by atoms with Crippen molar-refractivity contribution in [2.45, 2.75) is 19.9 Å². The number of pyridine rings is 1. The molecule has 9 heteroatoms. The van der Waals surface area contributed by atoms with Crippen molar-refractivity contribution in [3.05, 3.63) is 107 Å². The van der Waals surface area contributed by atoms with E-state index >= 15 is 0 Å². The topological polar surface area (TPSA) is 80.3 Å². The fraction of sp³-hybridized carbons (Fsp3) is 0.167. The van der Waals surface area contributed by atoms with Crippen molar-refractivity contribution in [2.24, 2.45) is 0 Å². The van der Waals surface area contributed by atoms with Gasteiger partial charge in [0.1, 0.15) is 5.69 Å². The summed E-state index contributed by atoms with van der Waals surface area (Å²) < 4.78 is 31.7. The summed E-state index contributed by atoms with van der Waals surface area (Å²) in [5, 5.41) is 6.58. The number of rotatable bonds is 10. The molecule has 0 unspecified atom stereocenters. The third-order valence-electron chi connectivity index (χ3n) is 5.92. The number of nitrogens with zero attached hydrogens (tertiary/aromatic N) is 1. The van der Waals surface area contributed by atoms with Gasteiger partial charge in [0.15, 0.2) is 11.6 Å². The van der Waals surface area contributed by atoms with E-state index in [0.717, 1.165) is 34.0 Å². The first-order chi connectivity index (χ1) is 18.8. The highest BCUT2D eigenvalue weighted by Crippen LogP contribution is 2.28. The van der Waals surface area contributed by atoms with E-state index in [4.69, 9.17) is 16.3 Å². The van der Waals surface area contributed by atoms with Gasteiger partial charge in [-0.25, -0.2) is 8.78 Å². The van der Waals surface area contributed by atoms with E-state index in [-0.39, 0.29) is 30.5 Å². The average Bonchev–Trinajstić information content (AvgIpc) is 2.94. The Morgan fingerprint density at radius 3 is 2.33 bits per heavy atom. The van der Waals surface area contributed by atoms with Gasteiger partial charge in [-0.05, 0) is 71.6 Å². The molecule has 0 saturated heterocycles. The molecule has 0 saturated carbocycles. The molecule has 0 aliphatic rings. The largest absolute Gasteiger partial charge is 0.466 e. The standard InChI is InChI=1S/C30H26ClF2N3O3/c1-2-39-29(37)13-14-34-30(38)28-12-7-22(18-36-28)25-16-23(31)8-3-21(25)17-35-24-9-4-19(5-10-24)20-6-11-26(32)27(33)15-20/h3-12,15-16,18,35H,2,13-14,17H2,1H3,(H,34,38). The lowest BCUT2D eigenvalue weighted by atomic mass is 10.0. The molecule has 39 heavy (non-hydrogen) atoms. The summed E-state index contributed by atoms with van der Waals surface area (Å²) in [6.45, 7) is 2.66. The number of anilines is 1. The second-order valence-electron chi connectivity index (χ2n) is 8.60. The second kappa shape index (κ2) is 13.0. The Morgan fingerprint density at radius 1 is 0.897 bits per heavy atom. The molecule has 0 aliphatic carbocycles. The first-order valence-electron chi connectivity index (χ1n) is 12.3. The van der Waals surface area contributed by atoms with E-state index in [1.807, 2.05) is 36.4 Å². The Morgan fingerprint density at radius 2 is 1.64 bits per heavy atom. The maximum absolute atomic E-state index is 13.6. The smallest absolute Gasteiger partial charge is 0.307 e. The summed E-state index contributed by atoms with van der Waals surface area (Å²) in [6.07, 6.45) is 1.69. The molecule has 1 amide bonds. The molecule has 1 heterocycles. The van der Waals surface area contributed by atoms with Gasteiger partial charge in [-0.3, -0.25) is 14.6 Å². The van der Waals surface area contributed by atoms with E-state index in [1.165, 1.54) is 12.1 Å². The van der Waals surface area contributed by atoms with Crippen molar-refractivity contribution in [2.75, 3.05) is 18.5 Å². The molecule has 0 radical (unpaired) electrons. The Hall–Kier alpha value is -4.30. The molecule has 0 spiro atoms. The van der Waals surface area contributed by atoms with Crippen LogP contribution in [0.1, 0.15) is 29.4 Å². The third-order valence-corrected chi connectivity index (χ3v) is 6.15. The summed E-state index contributed by atoms with van der Waals surface area (Å²) in [4.78, 5) is 28.1. The minimum Gasteiger partial charge on any atom is -0.466 e. The van der Waals surface area contributed by atoms with Gasteiger partial charge in [0.2, 0.25) is 0 Å². The summed E-state index contributed by atoms with van der Waals surface area (Å²) in [5.74, 6) is -2.52. The molecule has 0 fully saturated rings. The van der Waals surface area contributed by atoms with E-state index in [0.29, 0.717) is 23.7 Å². The van der Waals surface area contributed by atoms with Crippen LogP contribution in [0.5, 0.6) is 0 Å². The van der Waals surface area contributed by atoms with Gasteiger partial charge in [-0.15, -0.1) is 0 Å². The molecule has 200 valence electrons. The minimum absolute atomic E-state index is 0.0874. The Labute approximate surface area is 230 Å². The normalized spacial score (nSPS) is 10.7. The number of ether oxygens (including phenoxy) is 1. The van der Waals surface area contributed by atoms with Crippen LogP contribution in [0.2, 0.25) is 5.02 Å². The minimum atomic E-state index is -0.887. The first kappa shape index (κ1) is 27.7. The molecule has 6 nitrogen and oxygen atoms in total. The van der Waals surface area contributed by atoms with Gasteiger partial charge in [0, 0.05) is 35.6 Å². The van der Waals surface area contributed by atoms with E-state index in [2.05, 4.69) is 15.6 Å². The first-order valence-corrected chi connectivity index (χ1v) is 12.7. The number of carbonyl (C=O) groups is 2. The monoisotopic (exact) mass is 549 g/mol. The van der Waals surface area contributed by atoms with E-state index in [1.54, 1.807) is 31.3 Å². The Balaban J connectivity index is 1.42. The van der Waals surface area contributed by atoms with E-state index in [9.17, 15) is 18.4 Å². The quantitative estimate of drug-likeness (QED) is 0.217. The number of amides is 1. The molecule has 0 atom stereocenters. The third kappa shape index (κ3) is 7.39. The average molecular weight is 550 g/mol. The Kier molecular flexibility index (Phi) is 9.22. The van der Waals surface area contributed by atoms with Gasteiger partial charge >= 0.3 is 5.97 Å². The predicted molar refractivity (Wildman–Crippen MR) is 147 cm³/mol. The highest BCUT2D eigenvalue weighted by Gasteiger charge is 2.12. The lowest BCUT2D eigenvalue weighted by Gasteiger charge is -2.13. The second-order valence-corrected chi connectivity index (χ2v) is 9.04. The fourth-order valence-corrected chi connectivity index (χ4v) is 4.09. The van der Waals surface area contributed by atoms with Crippen LogP contribution in [0, 0.1) is 11.6 Å². The van der Waals surface area contributed by atoms with Crippen LogP contribution in [0.25, 0.3) is 22.3 Å². The predicted octanol–water partition coefficient (Wildman–Crippen LogP) is 6.64. The lowest BCUT2D eigenvalue weighted by Crippen LogP contribution is -2.27. The summed E-state index contributed by atoms with van der Waals surface area (Å²) in [7, 11) is 0. The number of hydrogen-bond donors (Lipinski definition) is 2. The van der Waals surface area contributed by atoms with Crippen LogP contribution in [0.4, 0.5) is 14.5 Å². The van der Waals surface area contributed by atoms with Crippen LogP contribution in [-0.4, -0.2) is 30.0 Å². The zero-order chi connectivity index (χ0) is 27.8. The molecule has 2 N–H and O–H groups in total. The zero-order valence-electron chi connectivity index (χ0n) is 21.1. The molecular weight excluding hydrogens is 524 g/mol. The maximum atomic E-state index is 13.6. The van der Waals surface area contributed by atoms with Crippen molar-refractivity contribution < 1.29 is 23.1 Å². The Bertz CT molecular complexity index is 1460. The van der Waals surface area contributed by atoms with Crippen molar-refractivity contribution >= 4 is 29.2 Å². The van der Waals surface area contributed by atoms with Crippen molar-refractivity contribution in [1.29, 1.82) is 0 Å². The molecule has 1 aromatic heterocycles. The number of halogens is 3. The highest BCUT2D eigenvalue weighted by molar-refractivity contribution is 6.30. The summed E-state index contributed by atoms with van der Waals surface area (Å²) in [5.41, 5.74) is 5.02. The van der Waals surface area contributed by atoms with E-state index < -0.39 is 11.6 Å². The number of hydrogen-bond acceptors (Lipinski definition) is 5. The maximum Gasteiger partial charge on any atom is 0.307 e. The van der Waals surface area contributed by atoms with Crippen molar-refractivity contribution in [1.82, 2.24) is 10.3 Å². The lowest BCUT2D eigenvalue weighted by molar-refractivity contribution is -0.142. The number of benzene rings is 3. The molecule has 0 bridgehead atoms. The van der Waals surface area contributed by atoms with Gasteiger partial charge < -0.3 is 15.4 Å². The molecule has 4 aromatic rings. The summed E-state index contributed by atoms with van der Waals surface area (Å²) in [6, 6.07) is 20.2. The number of esters is 1. The van der Waals surface area contributed by atoms with Crippen LogP contribution in [0.3, 0.4) is 0 Å². The number of nitrogens with one attached hydrogen (secondary N) is 2. The van der Waals surface area contributed by atoms with Gasteiger partial charge in [-0.1, -0.05) is 41.9 Å². The molecule has 4 rings (SSSR count). The SMILES string of the molecule is CCOC(=O)CCNC(=O)c1ccc(-c2cc(Cl)ccc2CNc2ccc(-c3ccc(F)c(F)c3)cc2)cn1. The van der Waals surface area contributed by atoms with Crippen LogP contribution in [-0.2, 0) is 16.1 Å². The van der Waals surface area contributed by atoms with Crippen molar-refractivity contribution in [3.8, 4) is 22.3 Å². The van der Waals surface area contributed by atoms with Crippen LogP contribution >= 0.6 is 11.6 Å². The molecule has 0 aliphatic heterocycles. The van der Waals surface area contributed by atoms with Gasteiger partial charge in [0.25, 0.3) is 5.91 Å². The number of carbonyl (C=O) groups excluding carboxylic acids is 2. The van der Waals surface area contributed by atoms with Crippen molar-refractivity contribution in [3.63, 3.8) is 0 Å². The fourth-order valence-electron chi connectivity index (χ4n) is 3.91.